The zero-order valence-electron chi connectivity index (χ0n) is 9.47. The van der Waals surface area contributed by atoms with Gasteiger partial charge in [0.25, 0.3) is 0 Å². The first-order valence-corrected chi connectivity index (χ1v) is 6.78. The number of sulfonamides is 1. The van der Waals surface area contributed by atoms with Gasteiger partial charge in [-0.3, -0.25) is 0 Å². The Labute approximate surface area is 104 Å². The molecule has 5 nitrogen and oxygen atoms in total. The number of benzene rings is 1. The van der Waals surface area contributed by atoms with E-state index in [-0.39, 0.29) is 18.0 Å². The summed E-state index contributed by atoms with van der Waals surface area (Å²) in [5.74, 6) is -0.827. The van der Waals surface area contributed by atoms with Crippen molar-refractivity contribution in [1.29, 1.82) is 5.26 Å². The molecule has 7 heteroatoms. The maximum atomic E-state index is 13.4. The second kappa shape index (κ2) is 5.02. The highest BCUT2D eigenvalue weighted by Crippen LogP contribution is 2.22. The smallest absolute Gasteiger partial charge is 0.244 e. The van der Waals surface area contributed by atoms with E-state index in [2.05, 4.69) is 0 Å². The summed E-state index contributed by atoms with van der Waals surface area (Å²) in [5.41, 5.74) is -0.441. The van der Waals surface area contributed by atoms with Crippen molar-refractivity contribution in [2.24, 2.45) is 0 Å². The van der Waals surface area contributed by atoms with Gasteiger partial charge in [-0.1, -0.05) is 6.07 Å². The van der Waals surface area contributed by atoms with E-state index < -0.39 is 21.4 Å². The van der Waals surface area contributed by atoms with E-state index in [4.69, 9.17) is 10.00 Å². The highest BCUT2D eigenvalue weighted by atomic mass is 32.2. The van der Waals surface area contributed by atoms with E-state index in [0.717, 1.165) is 6.07 Å². The van der Waals surface area contributed by atoms with Crippen LogP contribution < -0.4 is 0 Å². The lowest BCUT2D eigenvalue weighted by Crippen LogP contribution is -2.40. The minimum absolute atomic E-state index is 0.212. The minimum Gasteiger partial charge on any atom is -0.379 e. The molecule has 2 rings (SSSR count). The topological polar surface area (TPSA) is 70.4 Å². The molecule has 0 aliphatic carbocycles. The Balaban J connectivity index is 2.48. The molecule has 0 radical (unpaired) electrons. The molecule has 18 heavy (non-hydrogen) atoms. The van der Waals surface area contributed by atoms with Gasteiger partial charge >= 0.3 is 0 Å². The molecule has 0 atom stereocenters. The predicted octanol–water partition coefficient (Wildman–Crippen LogP) is 0.718. The van der Waals surface area contributed by atoms with E-state index in [1.54, 1.807) is 6.07 Å². The van der Waals surface area contributed by atoms with Gasteiger partial charge in [0.15, 0.2) is 0 Å². The predicted molar refractivity (Wildman–Crippen MR) is 60.7 cm³/mol. The van der Waals surface area contributed by atoms with E-state index in [1.807, 2.05) is 0 Å². The van der Waals surface area contributed by atoms with Crippen LogP contribution in [0.4, 0.5) is 4.39 Å². The highest BCUT2D eigenvalue weighted by Gasteiger charge is 2.29. The summed E-state index contributed by atoms with van der Waals surface area (Å²) in [7, 11) is -3.84. The second-order valence-corrected chi connectivity index (χ2v) is 5.65. The average molecular weight is 270 g/mol. The Morgan fingerprint density at radius 2 is 2.00 bits per heavy atom. The summed E-state index contributed by atoms with van der Waals surface area (Å²) in [6.45, 7) is 1.03. The Morgan fingerprint density at radius 1 is 1.33 bits per heavy atom. The van der Waals surface area contributed by atoms with Crippen LogP contribution in [0, 0.1) is 17.1 Å². The average Bonchev–Trinajstić information content (AvgIpc) is 2.39. The fraction of sp³-hybridized carbons (Fsp3) is 0.364. The van der Waals surface area contributed by atoms with Gasteiger partial charge in [-0.05, 0) is 12.1 Å². The molecule has 0 spiro atoms. The van der Waals surface area contributed by atoms with Crippen molar-refractivity contribution in [3.8, 4) is 6.07 Å². The standard InChI is InChI=1S/C11H11FN2O3S/c12-10-2-1-3-11(9(10)8-13)18(15,16)14-4-6-17-7-5-14/h1-3H,4-7H2. The van der Waals surface area contributed by atoms with Crippen LogP contribution >= 0.6 is 0 Å². The fourth-order valence-electron chi connectivity index (χ4n) is 1.75. The molecule has 1 heterocycles. The maximum Gasteiger partial charge on any atom is 0.244 e. The minimum atomic E-state index is -3.84. The number of ether oxygens (including phenoxy) is 1. The zero-order valence-corrected chi connectivity index (χ0v) is 10.3. The molecular weight excluding hydrogens is 259 g/mol. The molecule has 1 fully saturated rings. The summed E-state index contributed by atoms with van der Waals surface area (Å²) < 4.78 is 44.2. The molecular formula is C11H11FN2O3S. The van der Waals surface area contributed by atoms with Crippen LogP contribution in [-0.2, 0) is 14.8 Å². The number of morpholine rings is 1. The van der Waals surface area contributed by atoms with Gasteiger partial charge in [0.2, 0.25) is 10.0 Å². The summed E-state index contributed by atoms with van der Waals surface area (Å²) in [6.07, 6.45) is 0. The number of halogens is 1. The molecule has 96 valence electrons. The number of nitriles is 1. The van der Waals surface area contributed by atoms with Gasteiger partial charge in [-0.25, -0.2) is 12.8 Å². The molecule has 0 amide bonds. The van der Waals surface area contributed by atoms with Gasteiger partial charge in [0.1, 0.15) is 22.3 Å². The second-order valence-electron chi connectivity index (χ2n) is 3.74. The quantitative estimate of drug-likeness (QED) is 0.794. The lowest BCUT2D eigenvalue weighted by Gasteiger charge is -2.26. The molecule has 1 aromatic carbocycles. The van der Waals surface area contributed by atoms with Crippen LogP contribution in [0.1, 0.15) is 5.56 Å². The van der Waals surface area contributed by atoms with Gasteiger partial charge in [-0.15, -0.1) is 0 Å². The van der Waals surface area contributed by atoms with Crippen molar-refractivity contribution >= 4 is 10.0 Å². The maximum absolute atomic E-state index is 13.4. The van der Waals surface area contributed by atoms with Gasteiger partial charge in [0, 0.05) is 13.1 Å². The van der Waals surface area contributed by atoms with Crippen molar-refractivity contribution < 1.29 is 17.5 Å². The molecule has 1 aromatic rings. The van der Waals surface area contributed by atoms with E-state index in [0.29, 0.717) is 13.2 Å². The van der Waals surface area contributed by atoms with Crippen LogP contribution in [0.15, 0.2) is 23.1 Å². The molecule has 1 saturated heterocycles. The Bertz CT molecular complexity index is 589. The molecule has 0 bridgehead atoms. The Hall–Kier alpha value is -1.49. The number of nitrogens with zero attached hydrogens (tertiary/aromatic N) is 2. The summed E-state index contributed by atoms with van der Waals surface area (Å²) in [4.78, 5) is -0.285. The first kappa shape index (κ1) is 13.0. The van der Waals surface area contributed by atoms with Crippen molar-refractivity contribution in [3.63, 3.8) is 0 Å². The van der Waals surface area contributed by atoms with Crippen LogP contribution in [0.25, 0.3) is 0 Å². The summed E-state index contributed by atoms with van der Waals surface area (Å²) in [6, 6.07) is 5.19. The fourth-order valence-corrected chi connectivity index (χ4v) is 3.31. The van der Waals surface area contributed by atoms with Gasteiger partial charge in [0.05, 0.1) is 13.2 Å². The monoisotopic (exact) mass is 270 g/mol. The third-order valence-corrected chi connectivity index (χ3v) is 4.62. The molecule has 0 N–H and O–H groups in total. The highest BCUT2D eigenvalue weighted by molar-refractivity contribution is 7.89. The molecule has 1 aliphatic rings. The van der Waals surface area contributed by atoms with Crippen LogP contribution in [-0.4, -0.2) is 39.0 Å². The first-order valence-electron chi connectivity index (χ1n) is 5.34. The van der Waals surface area contributed by atoms with Gasteiger partial charge < -0.3 is 4.74 Å². The number of rotatable bonds is 2. The Morgan fingerprint density at radius 3 is 2.61 bits per heavy atom. The normalized spacial score (nSPS) is 17.3. The van der Waals surface area contributed by atoms with E-state index >= 15 is 0 Å². The van der Waals surface area contributed by atoms with E-state index in [9.17, 15) is 12.8 Å². The SMILES string of the molecule is N#Cc1c(F)cccc1S(=O)(=O)N1CCOCC1. The first-order chi connectivity index (χ1) is 8.57. The van der Waals surface area contributed by atoms with Crippen molar-refractivity contribution in [2.75, 3.05) is 26.3 Å². The molecule has 0 unspecified atom stereocenters. The largest absolute Gasteiger partial charge is 0.379 e. The zero-order chi connectivity index (χ0) is 13.2. The Kier molecular flexibility index (Phi) is 3.61. The third-order valence-electron chi connectivity index (χ3n) is 2.68. The molecule has 0 aromatic heterocycles. The van der Waals surface area contributed by atoms with Crippen LogP contribution in [0.3, 0.4) is 0 Å². The molecule has 1 aliphatic heterocycles. The number of hydrogen-bond acceptors (Lipinski definition) is 4. The lowest BCUT2D eigenvalue weighted by atomic mass is 10.2. The lowest BCUT2D eigenvalue weighted by molar-refractivity contribution is 0.0730. The third kappa shape index (κ3) is 2.22. The summed E-state index contributed by atoms with van der Waals surface area (Å²) >= 11 is 0. The van der Waals surface area contributed by atoms with Crippen molar-refractivity contribution in [3.05, 3.63) is 29.6 Å². The number of hydrogen-bond donors (Lipinski definition) is 0. The molecule has 0 saturated carbocycles. The summed E-state index contributed by atoms with van der Waals surface area (Å²) in [5, 5.41) is 8.86. The van der Waals surface area contributed by atoms with Crippen molar-refractivity contribution in [1.82, 2.24) is 4.31 Å². The van der Waals surface area contributed by atoms with E-state index in [1.165, 1.54) is 16.4 Å². The van der Waals surface area contributed by atoms with Gasteiger partial charge in [-0.2, -0.15) is 9.57 Å². The van der Waals surface area contributed by atoms with Crippen LogP contribution in [0.2, 0.25) is 0 Å². The van der Waals surface area contributed by atoms with Crippen LogP contribution in [0.5, 0.6) is 0 Å². The van der Waals surface area contributed by atoms with Crippen molar-refractivity contribution in [2.45, 2.75) is 4.90 Å².